The number of halogens is 1. The third-order valence-corrected chi connectivity index (χ3v) is 6.25. The Labute approximate surface area is 165 Å². The number of carbonyl (C=O) groups excluding carboxylic acids is 1. The molecule has 1 N–H and O–H groups in total. The first-order valence-electron chi connectivity index (χ1n) is 8.91. The highest BCUT2D eigenvalue weighted by Gasteiger charge is 2.16. The fraction of sp³-hybridized carbons (Fsp3) is 0.350. The van der Waals surface area contributed by atoms with E-state index in [9.17, 15) is 13.2 Å². The van der Waals surface area contributed by atoms with Crippen LogP contribution in [0.1, 0.15) is 34.3 Å². The molecule has 1 aliphatic heterocycles. The van der Waals surface area contributed by atoms with E-state index in [1.54, 1.807) is 0 Å². The van der Waals surface area contributed by atoms with E-state index in [0.717, 1.165) is 31.5 Å². The Morgan fingerprint density at radius 1 is 1.07 bits per heavy atom. The minimum atomic E-state index is -3.49. The molecule has 2 aromatic carbocycles. The Morgan fingerprint density at radius 3 is 2.33 bits per heavy atom. The molecule has 7 heteroatoms. The molecule has 0 aliphatic carbocycles. The van der Waals surface area contributed by atoms with Gasteiger partial charge >= 0.3 is 0 Å². The average Bonchev–Trinajstić information content (AvgIpc) is 3.13. The summed E-state index contributed by atoms with van der Waals surface area (Å²) in [6, 6.07) is 12.5. The smallest absolute Gasteiger partial charge is 0.251 e. The highest BCUT2D eigenvalue weighted by Crippen LogP contribution is 2.22. The monoisotopic (exact) mass is 406 g/mol. The summed E-state index contributed by atoms with van der Waals surface area (Å²) in [5, 5.41) is 2.93. The molecule has 5 nitrogen and oxygen atoms in total. The Bertz CT molecular complexity index is 921. The first kappa shape index (κ1) is 19.9. The van der Waals surface area contributed by atoms with Gasteiger partial charge in [0.05, 0.1) is 9.92 Å². The van der Waals surface area contributed by atoms with E-state index in [1.807, 2.05) is 12.1 Å². The standard InChI is InChI=1S/C20H23ClN2O3S/c1-27(25,26)19-12-17(8-9-18(19)21)20(24)22-13-15-4-6-16(7-5-15)14-23-10-2-3-11-23/h4-9,12H,2-3,10-11,13-14H2,1H3,(H,22,24). The molecule has 0 radical (unpaired) electrons. The third-order valence-electron chi connectivity index (χ3n) is 4.67. The highest BCUT2D eigenvalue weighted by molar-refractivity contribution is 7.90. The Balaban J connectivity index is 1.60. The largest absolute Gasteiger partial charge is 0.348 e. The minimum Gasteiger partial charge on any atom is -0.348 e. The summed E-state index contributed by atoms with van der Waals surface area (Å²) < 4.78 is 23.5. The summed E-state index contributed by atoms with van der Waals surface area (Å²) in [7, 11) is -3.49. The Kier molecular flexibility index (Phi) is 6.19. The normalized spacial score (nSPS) is 15.0. The van der Waals surface area contributed by atoms with Crippen LogP contribution in [-0.2, 0) is 22.9 Å². The molecule has 1 saturated heterocycles. The van der Waals surface area contributed by atoms with Crippen LogP contribution in [0.15, 0.2) is 47.4 Å². The average molecular weight is 407 g/mol. The third kappa shape index (κ3) is 5.31. The molecule has 0 saturated carbocycles. The van der Waals surface area contributed by atoms with Crippen molar-refractivity contribution < 1.29 is 13.2 Å². The van der Waals surface area contributed by atoms with Gasteiger partial charge in [-0.2, -0.15) is 0 Å². The van der Waals surface area contributed by atoms with Gasteiger partial charge in [0.2, 0.25) is 0 Å². The van der Waals surface area contributed by atoms with E-state index in [1.165, 1.54) is 36.6 Å². The number of amides is 1. The number of hydrogen-bond acceptors (Lipinski definition) is 4. The van der Waals surface area contributed by atoms with Crippen molar-refractivity contribution >= 4 is 27.3 Å². The van der Waals surface area contributed by atoms with Gasteiger partial charge in [0, 0.05) is 24.9 Å². The van der Waals surface area contributed by atoms with Crippen LogP contribution in [0.25, 0.3) is 0 Å². The lowest BCUT2D eigenvalue weighted by molar-refractivity contribution is 0.0950. The molecular formula is C20H23ClN2O3S. The molecule has 144 valence electrons. The molecule has 27 heavy (non-hydrogen) atoms. The molecule has 0 spiro atoms. The van der Waals surface area contributed by atoms with Gasteiger partial charge in [0.25, 0.3) is 5.91 Å². The maximum atomic E-state index is 12.3. The number of nitrogens with one attached hydrogen (secondary N) is 1. The number of nitrogens with zero attached hydrogens (tertiary/aromatic N) is 1. The van der Waals surface area contributed by atoms with Crippen LogP contribution in [0.5, 0.6) is 0 Å². The maximum Gasteiger partial charge on any atom is 0.251 e. The first-order valence-corrected chi connectivity index (χ1v) is 11.2. The van der Waals surface area contributed by atoms with Crippen molar-refractivity contribution in [3.05, 3.63) is 64.2 Å². The van der Waals surface area contributed by atoms with E-state index in [2.05, 4.69) is 22.3 Å². The zero-order valence-electron chi connectivity index (χ0n) is 15.2. The molecule has 0 aromatic heterocycles. The van der Waals surface area contributed by atoms with Crippen molar-refractivity contribution in [3.8, 4) is 0 Å². The van der Waals surface area contributed by atoms with Crippen molar-refractivity contribution in [1.29, 1.82) is 0 Å². The van der Waals surface area contributed by atoms with Crippen molar-refractivity contribution in [2.75, 3.05) is 19.3 Å². The fourth-order valence-electron chi connectivity index (χ4n) is 3.17. The number of sulfone groups is 1. The molecule has 0 bridgehead atoms. The van der Waals surface area contributed by atoms with Gasteiger partial charge in [0.1, 0.15) is 0 Å². The summed E-state index contributed by atoms with van der Waals surface area (Å²) in [5.41, 5.74) is 2.53. The molecule has 1 aliphatic rings. The molecule has 2 aromatic rings. The summed E-state index contributed by atoms with van der Waals surface area (Å²) >= 11 is 5.92. The van der Waals surface area contributed by atoms with Crippen molar-refractivity contribution in [2.45, 2.75) is 30.8 Å². The van der Waals surface area contributed by atoms with Crippen LogP contribution in [0, 0.1) is 0 Å². The lowest BCUT2D eigenvalue weighted by atomic mass is 10.1. The number of hydrogen-bond donors (Lipinski definition) is 1. The minimum absolute atomic E-state index is 0.0388. The van der Waals surface area contributed by atoms with E-state index in [0.29, 0.717) is 6.54 Å². The molecule has 1 heterocycles. The van der Waals surface area contributed by atoms with Crippen molar-refractivity contribution in [2.24, 2.45) is 0 Å². The van der Waals surface area contributed by atoms with Gasteiger partial charge in [-0.25, -0.2) is 8.42 Å². The van der Waals surface area contributed by atoms with Gasteiger partial charge < -0.3 is 5.32 Å². The van der Waals surface area contributed by atoms with Crippen LogP contribution in [-0.4, -0.2) is 38.6 Å². The van der Waals surface area contributed by atoms with Gasteiger partial charge in [-0.3, -0.25) is 9.69 Å². The highest BCUT2D eigenvalue weighted by atomic mass is 35.5. The lowest BCUT2D eigenvalue weighted by Crippen LogP contribution is -2.23. The zero-order chi connectivity index (χ0) is 19.4. The molecule has 0 unspecified atom stereocenters. The topological polar surface area (TPSA) is 66.5 Å². The van der Waals surface area contributed by atoms with Gasteiger partial charge in [-0.05, 0) is 55.3 Å². The second kappa shape index (κ2) is 8.42. The summed E-state index contributed by atoms with van der Waals surface area (Å²) in [4.78, 5) is 14.8. The summed E-state index contributed by atoms with van der Waals surface area (Å²) in [6.45, 7) is 3.66. The molecule has 1 fully saturated rings. The fourth-order valence-corrected chi connectivity index (χ4v) is 4.48. The molecule has 3 rings (SSSR count). The number of carbonyl (C=O) groups is 1. The van der Waals surface area contributed by atoms with Crippen LogP contribution in [0.3, 0.4) is 0 Å². The molecule has 0 atom stereocenters. The van der Waals surface area contributed by atoms with Crippen LogP contribution >= 0.6 is 11.6 Å². The number of likely N-dealkylation sites (tertiary alicyclic amines) is 1. The van der Waals surface area contributed by atoms with Crippen LogP contribution in [0.4, 0.5) is 0 Å². The first-order chi connectivity index (χ1) is 12.8. The van der Waals surface area contributed by atoms with Crippen LogP contribution < -0.4 is 5.32 Å². The predicted octanol–water partition coefficient (Wildman–Crippen LogP) is 3.27. The van der Waals surface area contributed by atoms with Gasteiger partial charge in [-0.1, -0.05) is 35.9 Å². The van der Waals surface area contributed by atoms with E-state index in [4.69, 9.17) is 11.6 Å². The SMILES string of the molecule is CS(=O)(=O)c1cc(C(=O)NCc2ccc(CN3CCCC3)cc2)ccc1Cl. The molecule has 1 amide bonds. The Morgan fingerprint density at radius 2 is 1.70 bits per heavy atom. The number of rotatable bonds is 6. The van der Waals surface area contributed by atoms with Crippen molar-refractivity contribution in [3.63, 3.8) is 0 Å². The van der Waals surface area contributed by atoms with Crippen molar-refractivity contribution in [1.82, 2.24) is 10.2 Å². The van der Waals surface area contributed by atoms with E-state index < -0.39 is 9.84 Å². The Hall–Kier alpha value is -1.89. The quantitative estimate of drug-likeness (QED) is 0.799. The predicted molar refractivity (Wildman–Crippen MR) is 107 cm³/mol. The van der Waals surface area contributed by atoms with Gasteiger partial charge in [0.15, 0.2) is 9.84 Å². The summed E-state index contributed by atoms with van der Waals surface area (Å²) in [5.74, 6) is -0.335. The second-order valence-electron chi connectivity index (χ2n) is 6.90. The van der Waals surface area contributed by atoms with Gasteiger partial charge in [-0.15, -0.1) is 0 Å². The maximum absolute atomic E-state index is 12.3. The second-order valence-corrected chi connectivity index (χ2v) is 9.29. The molecular weight excluding hydrogens is 384 g/mol. The summed E-state index contributed by atoms with van der Waals surface area (Å²) in [6.07, 6.45) is 3.62. The van der Waals surface area contributed by atoms with E-state index in [-0.39, 0.29) is 21.4 Å². The van der Waals surface area contributed by atoms with Crippen LogP contribution in [0.2, 0.25) is 5.02 Å². The van der Waals surface area contributed by atoms with E-state index >= 15 is 0 Å². The number of benzene rings is 2. The zero-order valence-corrected chi connectivity index (χ0v) is 16.8. The lowest BCUT2D eigenvalue weighted by Gasteiger charge is -2.14.